The molecule has 1 aliphatic rings. The van der Waals surface area contributed by atoms with Gasteiger partial charge in [-0.25, -0.2) is 4.39 Å². The van der Waals surface area contributed by atoms with Crippen LogP contribution in [0.2, 0.25) is 0 Å². The monoisotopic (exact) mass is 280 g/mol. The van der Waals surface area contributed by atoms with Crippen LogP contribution in [0.15, 0.2) is 24.3 Å². The van der Waals surface area contributed by atoms with Crippen LogP contribution in [0.5, 0.6) is 5.75 Å². The summed E-state index contributed by atoms with van der Waals surface area (Å²) < 4.78 is 18.7. The van der Waals surface area contributed by atoms with Crippen molar-refractivity contribution in [1.29, 1.82) is 0 Å². The minimum Gasteiger partial charge on any atom is -0.490 e. The Kier molecular flexibility index (Phi) is 5.35. The second-order valence-corrected chi connectivity index (χ2v) is 5.00. The summed E-state index contributed by atoms with van der Waals surface area (Å²) in [4.78, 5) is 13.9. The Morgan fingerprint density at radius 3 is 3.05 bits per heavy atom. The summed E-state index contributed by atoms with van der Waals surface area (Å²) in [6.07, 6.45) is 2.40. The van der Waals surface area contributed by atoms with Crippen molar-refractivity contribution in [2.45, 2.75) is 25.3 Å². The molecule has 2 rings (SSSR count). The summed E-state index contributed by atoms with van der Waals surface area (Å²) in [6.45, 7) is 1.76. The number of amides is 1. The van der Waals surface area contributed by atoms with E-state index >= 15 is 0 Å². The van der Waals surface area contributed by atoms with Crippen LogP contribution in [0.1, 0.15) is 19.3 Å². The normalized spacial score (nSPS) is 18.9. The lowest BCUT2D eigenvalue weighted by molar-refractivity contribution is -0.133. The van der Waals surface area contributed by atoms with Crippen molar-refractivity contribution >= 4 is 5.91 Å². The average Bonchev–Trinajstić information content (AvgIpc) is 2.49. The first-order valence-corrected chi connectivity index (χ1v) is 7.03. The van der Waals surface area contributed by atoms with Gasteiger partial charge in [0.2, 0.25) is 5.91 Å². The van der Waals surface area contributed by atoms with Gasteiger partial charge >= 0.3 is 0 Å². The summed E-state index contributed by atoms with van der Waals surface area (Å²) in [5, 5.41) is 3.20. The lowest BCUT2D eigenvalue weighted by Gasteiger charge is -2.32. The standard InChI is InChI=1S/C15H21FN2O2/c1-17-12-5-4-9-18(11-12)15(19)8-10-20-14-7-3-2-6-13(14)16/h2-3,6-7,12,17H,4-5,8-11H2,1H3/t12-/m1/s1. The van der Waals surface area contributed by atoms with Gasteiger partial charge in [-0.05, 0) is 32.0 Å². The third kappa shape index (κ3) is 3.93. The van der Waals surface area contributed by atoms with Crippen LogP contribution < -0.4 is 10.1 Å². The number of ether oxygens (including phenoxy) is 1. The SMILES string of the molecule is CN[C@@H]1CCCN(C(=O)CCOc2ccccc2F)C1. The first-order valence-electron chi connectivity index (χ1n) is 7.03. The lowest BCUT2D eigenvalue weighted by Crippen LogP contribution is -2.47. The van der Waals surface area contributed by atoms with Crippen LogP contribution in [-0.4, -0.2) is 43.6 Å². The number of benzene rings is 1. The van der Waals surface area contributed by atoms with Crippen molar-refractivity contribution < 1.29 is 13.9 Å². The van der Waals surface area contributed by atoms with Crippen molar-refractivity contribution in [2.24, 2.45) is 0 Å². The molecule has 1 atom stereocenters. The predicted molar refractivity (Wildman–Crippen MR) is 75.2 cm³/mol. The molecule has 1 fully saturated rings. The molecule has 1 N–H and O–H groups in total. The van der Waals surface area contributed by atoms with Crippen molar-refractivity contribution in [2.75, 3.05) is 26.7 Å². The molecule has 0 aromatic heterocycles. The maximum absolute atomic E-state index is 13.3. The number of hydrogen-bond acceptors (Lipinski definition) is 3. The van der Waals surface area contributed by atoms with E-state index in [1.165, 1.54) is 6.07 Å². The van der Waals surface area contributed by atoms with Crippen molar-refractivity contribution in [1.82, 2.24) is 10.2 Å². The maximum Gasteiger partial charge on any atom is 0.226 e. The first-order chi connectivity index (χ1) is 9.70. The Hall–Kier alpha value is -1.62. The van der Waals surface area contributed by atoms with Gasteiger partial charge in [0.1, 0.15) is 0 Å². The van der Waals surface area contributed by atoms with Crippen molar-refractivity contribution in [3.8, 4) is 5.75 Å². The van der Waals surface area contributed by atoms with Crippen molar-refractivity contribution in [3.63, 3.8) is 0 Å². The number of likely N-dealkylation sites (tertiary alicyclic amines) is 1. The third-order valence-corrected chi connectivity index (χ3v) is 3.59. The molecule has 0 radical (unpaired) electrons. The number of hydrogen-bond donors (Lipinski definition) is 1. The largest absolute Gasteiger partial charge is 0.490 e. The molecule has 0 bridgehead atoms. The van der Waals surface area contributed by atoms with Gasteiger partial charge in [0, 0.05) is 19.1 Å². The summed E-state index contributed by atoms with van der Waals surface area (Å²) >= 11 is 0. The predicted octanol–water partition coefficient (Wildman–Crippen LogP) is 1.80. The number of carbonyl (C=O) groups is 1. The van der Waals surface area contributed by atoms with Gasteiger partial charge < -0.3 is 15.0 Å². The van der Waals surface area contributed by atoms with Crippen LogP contribution in [0.25, 0.3) is 0 Å². The smallest absolute Gasteiger partial charge is 0.226 e. The molecule has 0 aliphatic carbocycles. The van der Waals surface area contributed by atoms with E-state index in [1.54, 1.807) is 18.2 Å². The van der Waals surface area contributed by atoms with Crippen LogP contribution in [-0.2, 0) is 4.79 Å². The molecule has 1 aromatic rings. The Labute approximate surface area is 118 Å². The second kappa shape index (κ2) is 7.24. The van der Waals surface area contributed by atoms with Gasteiger partial charge in [-0.2, -0.15) is 0 Å². The molecule has 5 heteroatoms. The molecule has 1 saturated heterocycles. The number of carbonyl (C=O) groups excluding carboxylic acids is 1. The fourth-order valence-corrected chi connectivity index (χ4v) is 2.41. The van der Waals surface area contributed by atoms with Gasteiger partial charge in [-0.1, -0.05) is 12.1 Å². The molecule has 1 amide bonds. The van der Waals surface area contributed by atoms with Crippen molar-refractivity contribution in [3.05, 3.63) is 30.1 Å². The summed E-state index contributed by atoms with van der Waals surface area (Å²) in [6, 6.07) is 6.61. The highest BCUT2D eigenvalue weighted by molar-refractivity contribution is 5.76. The molecule has 20 heavy (non-hydrogen) atoms. The fourth-order valence-electron chi connectivity index (χ4n) is 2.41. The highest BCUT2D eigenvalue weighted by Crippen LogP contribution is 2.16. The summed E-state index contributed by atoms with van der Waals surface area (Å²) in [5.41, 5.74) is 0. The lowest BCUT2D eigenvalue weighted by atomic mass is 10.1. The zero-order valence-electron chi connectivity index (χ0n) is 11.8. The highest BCUT2D eigenvalue weighted by atomic mass is 19.1. The third-order valence-electron chi connectivity index (χ3n) is 3.59. The first kappa shape index (κ1) is 14.8. The van der Waals surface area contributed by atoms with Gasteiger partial charge in [0.05, 0.1) is 13.0 Å². The van der Waals surface area contributed by atoms with E-state index < -0.39 is 5.82 Å². The van der Waals surface area contributed by atoms with E-state index in [9.17, 15) is 9.18 Å². The Balaban J connectivity index is 1.76. The maximum atomic E-state index is 13.3. The zero-order valence-corrected chi connectivity index (χ0v) is 11.8. The van der Waals surface area contributed by atoms with E-state index in [2.05, 4.69) is 5.32 Å². The van der Waals surface area contributed by atoms with Gasteiger partial charge in [0.15, 0.2) is 11.6 Å². The van der Waals surface area contributed by atoms with Crippen LogP contribution in [0, 0.1) is 5.82 Å². The number of nitrogens with one attached hydrogen (secondary N) is 1. The summed E-state index contributed by atoms with van der Waals surface area (Å²) in [7, 11) is 1.92. The molecule has 0 unspecified atom stereocenters. The number of halogens is 1. The molecule has 110 valence electrons. The fraction of sp³-hybridized carbons (Fsp3) is 0.533. The van der Waals surface area contributed by atoms with Crippen LogP contribution >= 0.6 is 0 Å². The summed E-state index contributed by atoms with van der Waals surface area (Å²) in [5.74, 6) is -0.124. The van der Waals surface area contributed by atoms with Crippen LogP contribution in [0.4, 0.5) is 4.39 Å². The van der Waals surface area contributed by atoms with Gasteiger partial charge in [-0.15, -0.1) is 0 Å². The Morgan fingerprint density at radius 2 is 2.30 bits per heavy atom. The molecule has 0 saturated carbocycles. The molecule has 1 aliphatic heterocycles. The zero-order chi connectivity index (χ0) is 14.4. The Bertz CT molecular complexity index is 453. The Morgan fingerprint density at radius 1 is 1.50 bits per heavy atom. The molecule has 1 aromatic carbocycles. The van der Waals surface area contributed by atoms with E-state index in [0.29, 0.717) is 6.04 Å². The molecular formula is C15H21FN2O2. The molecule has 4 nitrogen and oxygen atoms in total. The minimum atomic E-state index is -0.395. The molecule has 0 spiro atoms. The van der Waals surface area contributed by atoms with Gasteiger partial charge in [-0.3, -0.25) is 4.79 Å². The minimum absolute atomic E-state index is 0.0706. The topological polar surface area (TPSA) is 41.6 Å². The number of rotatable bonds is 5. The second-order valence-electron chi connectivity index (χ2n) is 5.00. The number of likely N-dealkylation sites (N-methyl/N-ethyl adjacent to an activating group) is 1. The van der Waals surface area contributed by atoms with E-state index in [1.807, 2.05) is 11.9 Å². The van der Waals surface area contributed by atoms with E-state index in [4.69, 9.17) is 4.74 Å². The van der Waals surface area contributed by atoms with E-state index in [-0.39, 0.29) is 24.7 Å². The van der Waals surface area contributed by atoms with Gasteiger partial charge in [0.25, 0.3) is 0 Å². The molecular weight excluding hydrogens is 259 g/mol. The van der Waals surface area contributed by atoms with E-state index in [0.717, 1.165) is 25.9 Å². The number of para-hydroxylation sites is 1. The highest BCUT2D eigenvalue weighted by Gasteiger charge is 2.22. The number of piperidine rings is 1. The quantitative estimate of drug-likeness (QED) is 0.894. The average molecular weight is 280 g/mol. The molecule has 1 heterocycles. The number of nitrogens with zero attached hydrogens (tertiary/aromatic N) is 1. The van der Waals surface area contributed by atoms with Crippen LogP contribution in [0.3, 0.4) is 0 Å².